The van der Waals surface area contributed by atoms with Crippen molar-refractivity contribution in [3.63, 3.8) is 0 Å². The summed E-state index contributed by atoms with van der Waals surface area (Å²) in [5.74, 6) is -0.196. The van der Waals surface area contributed by atoms with Crippen molar-refractivity contribution in [1.29, 1.82) is 0 Å². The van der Waals surface area contributed by atoms with Crippen LogP contribution in [0.4, 0.5) is 17.1 Å². The van der Waals surface area contributed by atoms with E-state index in [-0.39, 0.29) is 5.91 Å². The standard InChI is InChI=1S/C15H16BrN3O/c1-19(2)13-9-4-3-8-12(13)18-15(20)10-6-5-7-11(17)14(10)16/h3-9H,17H2,1-2H3,(H,18,20). The fourth-order valence-electron chi connectivity index (χ4n) is 1.88. The maximum Gasteiger partial charge on any atom is 0.256 e. The third kappa shape index (κ3) is 2.93. The number of para-hydroxylation sites is 2. The molecule has 2 aromatic carbocycles. The van der Waals surface area contributed by atoms with E-state index in [0.717, 1.165) is 11.4 Å². The minimum atomic E-state index is -0.196. The Balaban J connectivity index is 2.31. The Morgan fingerprint density at radius 2 is 1.85 bits per heavy atom. The lowest BCUT2D eigenvalue weighted by molar-refractivity contribution is 0.102. The van der Waals surface area contributed by atoms with E-state index in [4.69, 9.17) is 5.73 Å². The molecule has 0 aromatic heterocycles. The number of benzene rings is 2. The fourth-order valence-corrected chi connectivity index (χ4v) is 2.33. The molecule has 0 aliphatic heterocycles. The molecule has 0 aliphatic carbocycles. The molecule has 4 nitrogen and oxygen atoms in total. The lowest BCUT2D eigenvalue weighted by Gasteiger charge is -2.18. The molecule has 0 spiro atoms. The monoisotopic (exact) mass is 333 g/mol. The van der Waals surface area contributed by atoms with Gasteiger partial charge in [-0.05, 0) is 40.2 Å². The van der Waals surface area contributed by atoms with Crippen molar-refractivity contribution in [2.24, 2.45) is 0 Å². The second-order valence-corrected chi connectivity index (χ2v) is 5.37. The van der Waals surface area contributed by atoms with Gasteiger partial charge in [-0.15, -0.1) is 0 Å². The third-order valence-corrected chi connectivity index (χ3v) is 3.79. The van der Waals surface area contributed by atoms with Gasteiger partial charge in [0.2, 0.25) is 0 Å². The molecular weight excluding hydrogens is 318 g/mol. The average Bonchev–Trinajstić information content (AvgIpc) is 2.42. The molecule has 5 heteroatoms. The predicted octanol–water partition coefficient (Wildman–Crippen LogP) is 3.35. The van der Waals surface area contributed by atoms with Gasteiger partial charge in [-0.1, -0.05) is 18.2 Å². The fraction of sp³-hybridized carbons (Fsp3) is 0.133. The van der Waals surface area contributed by atoms with Crippen molar-refractivity contribution in [2.45, 2.75) is 0 Å². The van der Waals surface area contributed by atoms with Crippen LogP contribution in [-0.4, -0.2) is 20.0 Å². The number of nitrogen functional groups attached to an aromatic ring is 1. The van der Waals surface area contributed by atoms with E-state index < -0.39 is 0 Å². The molecular formula is C15H16BrN3O. The van der Waals surface area contributed by atoms with E-state index in [1.807, 2.05) is 43.3 Å². The van der Waals surface area contributed by atoms with Gasteiger partial charge in [0.15, 0.2) is 0 Å². The summed E-state index contributed by atoms with van der Waals surface area (Å²) in [5, 5.41) is 2.91. The van der Waals surface area contributed by atoms with E-state index in [0.29, 0.717) is 15.7 Å². The number of hydrogen-bond donors (Lipinski definition) is 2. The molecule has 2 rings (SSSR count). The largest absolute Gasteiger partial charge is 0.398 e. The Kier molecular flexibility index (Phi) is 4.29. The predicted molar refractivity (Wildman–Crippen MR) is 87.3 cm³/mol. The van der Waals surface area contributed by atoms with Gasteiger partial charge < -0.3 is 16.0 Å². The van der Waals surface area contributed by atoms with Gasteiger partial charge in [0.1, 0.15) is 0 Å². The average molecular weight is 334 g/mol. The summed E-state index contributed by atoms with van der Waals surface area (Å²) in [6.45, 7) is 0. The number of nitrogens with one attached hydrogen (secondary N) is 1. The number of amides is 1. The highest BCUT2D eigenvalue weighted by atomic mass is 79.9. The van der Waals surface area contributed by atoms with Crippen LogP contribution in [0.15, 0.2) is 46.9 Å². The van der Waals surface area contributed by atoms with Gasteiger partial charge in [0.05, 0.1) is 21.4 Å². The van der Waals surface area contributed by atoms with Crippen LogP contribution in [0.1, 0.15) is 10.4 Å². The van der Waals surface area contributed by atoms with E-state index in [9.17, 15) is 4.79 Å². The lowest BCUT2D eigenvalue weighted by atomic mass is 10.1. The molecule has 3 N–H and O–H groups in total. The minimum Gasteiger partial charge on any atom is -0.398 e. The summed E-state index contributed by atoms with van der Waals surface area (Å²) in [7, 11) is 3.86. The van der Waals surface area contributed by atoms with Gasteiger partial charge >= 0.3 is 0 Å². The minimum absolute atomic E-state index is 0.196. The molecule has 0 saturated heterocycles. The first-order chi connectivity index (χ1) is 9.50. The molecule has 104 valence electrons. The number of rotatable bonds is 3. The Morgan fingerprint density at radius 3 is 2.55 bits per heavy atom. The van der Waals surface area contributed by atoms with Gasteiger partial charge in [0, 0.05) is 19.8 Å². The van der Waals surface area contributed by atoms with Crippen LogP contribution in [0.3, 0.4) is 0 Å². The highest BCUT2D eigenvalue weighted by Gasteiger charge is 2.13. The SMILES string of the molecule is CN(C)c1ccccc1NC(=O)c1cccc(N)c1Br. The van der Waals surface area contributed by atoms with Crippen molar-refractivity contribution in [1.82, 2.24) is 0 Å². The number of halogens is 1. The van der Waals surface area contributed by atoms with E-state index in [1.165, 1.54) is 0 Å². The first-order valence-corrected chi connectivity index (χ1v) is 6.91. The Labute approximate surface area is 126 Å². The van der Waals surface area contributed by atoms with Crippen molar-refractivity contribution in [3.8, 4) is 0 Å². The van der Waals surface area contributed by atoms with Gasteiger partial charge in [-0.2, -0.15) is 0 Å². The zero-order chi connectivity index (χ0) is 14.7. The number of carbonyl (C=O) groups excluding carboxylic acids is 1. The Morgan fingerprint density at radius 1 is 1.15 bits per heavy atom. The number of hydrogen-bond acceptors (Lipinski definition) is 3. The molecule has 0 bridgehead atoms. The summed E-state index contributed by atoms with van der Waals surface area (Å²) >= 11 is 3.35. The summed E-state index contributed by atoms with van der Waals surface area (Å²) in [6.07, 6.45) is 0. The second kappa shape index (κ2) is 5.96. The number of nitrogens with two attached hydrogens (primary N) is 1. The first kappa shape index (κ1) is 14.4. The summed E-state index contributed by atoms with van der Waals surface area (Å²) in [5.41, 5.74) is 8.55. The van der Waals surface area contributed by atoms with Crippen LogP contribution in [0, 0.1) is 0 Å². The molecule has 1 amide bonds. The van der Waals surface area contributed by atoms with Gasteiger partial charge in [-0.3, -0.25) is 4.79 Å². The van der Waals surface area contributed by atoms with Crippen molar-refractivity contribution in [2.75, 3.05) is 30.0 Å². The van der Waals surface area contributed by atoms with Crippen molar-refractivity contribution in [3.05, 3.63) is 52.5 Å². The second-order valence-electron chi connectivity index (χ2n) is 4.57. The van der Waals surface area contributed by atoms with Crippen molar-refractivity contribution >= 4 is 38.9 Å². The molecule has 2 aromatic rings. The smallest absolute Gasteiger partial charge is 0.256 e. The number of nitrogens with zero attached hydrogens (tertiary/aromatic N) is 1. The summed E-state index contributed by atoms with van der Waals surface area (Å²) in [4.78, 5) is 14.3. The van der Waals surface area contributed by atoms with E-state index >= 15 is 0 Å². The first-order valence-electron chi connectivity index (χ1n) is 6.12. The highest BCUT2D eigenvalue weighted by Crippen LogP contribution is 2.27. The van der Waals surface area contributed by atoms with Crippen LogP contribution >= 0.6 is 15.9 Å². The highest BCUT2D eigenvalue weighted by molar-refractivity contribution is 9.10. The quantitative estimate of drug-likeness (QED) is 0.847. The third-order valence-electron chi connectivity index (χ3n) is 2.91. The molecule has 0 fully saturated rings. The van der Waals surface area contributed by atoms with Crippen LogP contribution in [0.25, 0.3) is 0 Å². The van der Waals surface area contributed by atoms with Gasteiger partial charge in [0.25, 0.3) is 5.91 Å². The molecule has 0 radical (unpaired) electrons. The van der Waals surface area contributed by atoms with Crippen molar-refractivity contribution < 1.29 is 4.79 Å². The zero-order valence-electron chi connectivity index (χ0n) is 11.4. The topological polar surface area (TPSA) is 58.4 Å². The van der Waals surface area contributed by atoms with Crippen LogP contribution in [0.2, 0.25) is 0 Å². The zero-order valence-corrected chi connectivity index (χ0v) is 12.9. The van der Waals surface area contributed by atoms with E-state index in [2.05, 4.69) is 21.2 Å². The molecule has 0 heterocycles. The number of carbonyl (C=O) groups is 1. The molecule has 0 unspecified atom stereocenters. The van der Waals surface area contributed by atoms with Crippen LogP contribution in [-0.2, 0) is 0 Å². The maximum absolute atomic E-state index is 12.3. The Hall–Kier alpha value is -2.01. The molecule has 20 heavy (non-hydrogen) atoms. The van der Waals surface area contributed by atoms with E-state index in [1.54, 1.807) is 18.2 Å². The van der Waals surface area contributed by atoms with Crippen LogP contribution < -0.4 is 16.0 Å². The maximum atomic E-state index is 12.3. The van der Waals surface area contributed by atoms with Gasteiger partial charge in [-0.25, -0.2) is 0 Å². The van der Waals surface area contributed by atoms with Crippen LogP contribution in [0.5, 0.6) is 0 Å². The molecule has 0 aliphatic rings. The lowest BCUT2D eigenvalue weighted by Crippen LogP contribution is -2.17. The molecule has 0 saturated carbocycles. The summed E-state index contributed by atoms with van der Waals surface area (Å²) < 4.78 is 0.611. The normalized spacial score (nSPS) is 10.2. The Bertz CT molecular complexity index is 641. The summed E-state index contributed by atoms with van der Waals surface area (Å²) in [6, 6.07) is 12.9. The molecule has 0 atom stereocenters. The number of anilines is 3.